The minimum absolute atomic E-state index is 0. The number of hydrogen-bond acceptors (Lipinski definition) is 2. The molecule has 1 atom stereocenters. The number of rotatable bonds is 3. The van der Waals surface area contributed by atoms with Crippen molar-refractivity contribution in [3.05, 3.63) is 0 Å². The van der Waals surface area contributed by atoms with Crippen molar-refractivity contribution in [2.75, 3.05) is 26.2 Å². The van der Waals surface area contributed by atoms with Crippen LogP contribution in [0, 0.1) is 5.41 Å². The molecule has 1 unspecified atom stereocenters. The van der Waals surface area contributed by atoms with Crippen molar-refractivity contribution < 1.29 is 1.43 Å². The van der Waals surface area contributed by atoms with Gasteiger partial charge in [0.05, 0.1) is 0 Å². The quantitative estimate of drug-likeness (QED) is 0.752. The Balaban J connectivity index is 0.000000617. The Labute approximate surface area is 90.5 Å². The molecule has 2 heteroatoms. The summed E-state index contributed by atoms with van der Waals surface area (Å²) < 4.78 is 0. The Bertz CT molecular complexity index is 169. The van der Waals surface area contributed by atoms with Gasteiger partial charge in [-0.3, -0.25) is 0 Å². The third kappa shape index (κ3) is 2.29. The average molecular weight is 200 g/mol. The fraction of sp³-hybridized carbons (Fsp3) is 1.00. The molecule has 1 saturated heterocycles. The summed E-state index contributed by atoms with van der Waals surface area (Å²) >= 11 is 0. The van der Waals surface area contributed by atoms with Gasteiger partial charge in [0.1, 0.15) is 0 Å². The minimum Gasteiger partial charge on any atom is -0.312 e. The van der Waals surface area contributed by atoms with Gasteiger partial charge < -0.3 is 10.2 Å². The van der Waals surface area contributed by atoms with Crippen LogP contribution in [0.3, 0.4) is 0 Å². The number of nitrogens with one attached hydrogen (secondary N) is 1. The number of likely N-dealkylation sites (tertiary alicyclic amines) is 1. The Kier molecular flexibility index (Phi) is 4.39. The van der Waals surface area contributed by atoms with Crippen LogP contribution in [0.1, 0.15) is 42.0 Å². The predicted octanol–water partition coefficient (Wildman–Crippen LogP) is 2.35. The first kappa shape index (κ1) is 12.0. The highest BCUT2D eigenvalue weighted by Gasteiger charge is 2.53. The maximum atomic E-state index is 3.62. The summed E-state index contributed by atoms with van der Waals surface area (Å²) in [5.74, 6) is 0. The standard InChI is InChI=1S/C10H20N2.C2H6.H2/c1-3-11-9-7-12(4-2)8-10(9)5-6-10;1-2;/h9,11H,3-8H2,1-2H3;1-2H3;1H. The molecule has 2 rings (SSSR count). The van der Waals surface area contributed by atoms with Crippen molar-refractivity contribution in [1.82, 2.24) is 10.2 Å². The smallest absolute Gasteiger partial charge is 0.0263 e. The number of likely N-dealkylation sites (N-methyl/N-ethyl adjacent to an activating group) is 2. The molecule has 2 aliphatic rings. The van der Waals surface area contributed by atoms with E-state index >= 15 is 0 Å². The van der Waals surface area contributed by atoms with Crippen molar-refractivity contribution >= 4 is 0 Å². The van der Waals surface area contributed by atoms with Crippen LogP contribution in [0.2, 0.25) is 0 Å². The summed E-state index contributed by atoms with van der Waals surface area (Å²) in [7, 11) is 0. The monoisotopic (exact) mass is 200 g/mol. The summed E-state index contributed by atoms with van der Waals surface area (Å²) in [6, 6.07) is 0.794. The van der Waals surface area contributed by atoms with Crippen LogP contribution < -0.4 is 5.32 Å². The zero-order valence-corrected chi connectivity index (χ0v) is 10.3. The van der Waals surface area contributed by atoms with Gasteiger partial charge in [0.2, 0.25) is 0 Å². The Morgan fingerprint density at radius 2 is 2.00 bits per heavy atom. The van der Waals surface area contributed by atoms with Gasteiger partial charge in [-0.15, -0.1) is 0 Å². The first-order valence-corrected chi connectivity index (χ1v) is 6.26. The molecule has 1 saturated carbocycles. The molecule has 0 radical (unpaired) electrons. The van der Waals surface area contributed by atoms with Gasteiger partial charge in [-0.1, -0.05) is 27.7 Å². The summed E-state index contributed by atoms with van der Waals surface area (Å²) in [6.07, 6.45) is 2.92. The average Bonchev–Trinajstić information content (AvgIpc) is 2.90. The number of nitrogens with zero attached hydrogens (tertiary/aromatic N) is 1. The van der Waals surface area contributed by atoms with E-state index in [1.807, 2.05) is 13.8 Å². The predicted molar refractivity (Wildman–Crippen MR) is 64.7 cm³/mol. The van der Waals surface area contributed by atoms with E-state index < -0.39 is 0 Å². The van der Waals surface area contributed by atoms with Gasteiger partial charge in [0, 0.05) is 20.6 Å². The van der Waals surface area contributed by atoms with Gasteiger partial charge in [-0.25, -0.2) is 0 Å². The van der Waals surface area contributed by atoms with E-state index in [1.54, 1.807) is 0 Å². The lowest BCUT2D eigenvalue weighted by Gasteiger charge is -2.17. The normalized spacial score (nSPS) is 28.7. The summed E-state index contributed by atoms with van der Waals surface area (Å²) in [4.78, 5) is 2.58. The van der Waals surface area contributed by atoms with Crippen molar-refractivity contribution in [2.24, 2.45) is 5.41 Å². The van der Waals surface area contributed by atoms with Crippen LogP contribution in [-0.2, 0) is 0 Å². The van der Waals surface area contributed by atoms with E-state index in [4.69, 9.17) is 0 Å². The molecule has 86 valence electrons. The molecule has 1 heterocycles. The first-order chi connectivity index (χ1) is 6.80. The Hall–Kier alpha value is -0.0800. The molecule has 0 bridgehead atoms. The second-order valence-electron chi connectivity index (χ2n) is 4.30. The van der Waals surface area contributed by atoms with Gasteiger partial charge >= 0.3 is 0 Å². The highest BCUT2D eigenvalue weighted by molar-refractivity contribution is 5.09. The third-order valence-corrected chi connectivity index (χ3v) is 3.51. The van der Waals surface area contributed by atoms with E-state index in [-0.39, 0.29) is 1.43 Å². The van der Waals surface area contributed by atoms with Crippen LogP contribution >= 0.6 is 0 Å². The summed E-state index contributed by atoms with van der Waals surface area (Å²) in [5.41, 5.74) is 0.700. The summed E-state index contributed by atoms with van der Waals surface area (Å²) in [6.45, 7) is 13.5. The van der Waals surface area contributed by atoms with Gasteiger partial charge in [0.25, 0.3) is 0 Å². The van der Waals surface area contributed by atoms with E-state index in [0.717, 1.165) is 12.6 Å². The van der Waals surface area contributed by atoms with Crippen molar-refractivity contribution in [3.63, 3.8) is 0 Å². The highest BCUT2D eigenvalue weighted by Crippen LogP contribution is 2.52. The fourth-order valence-electron chi connectivity index (χ4n) is 2.51. The molecule has 2 nitrogen and oxygen atoms in total. The van der Waals surface area contributed by atoms with Crippen LogP contribution in [0.15, 0.2) is 0 Å². The zero-order chi connectivity index (χ0) is 10.6. The van der Waals surface area contributed by atoms with Gasteiger partial charge in [0.15, 0.2) is 0 Å². The molecule has 2 fully saturated rings. The summed E-state index contributed by atoms with van der Waals surface area (Å²) in [5, 5.41) is 3.62. The fourth-order valence-corrected chi connectivity index (χ4v) is 2.51. The lowest BCUT2D eigenvalue weighted by molar-refractivity contribution is 0.337. The maximum absolute atomic E-state index is 3.62. The molecule has 1 N–H and O–H groups in total. The molecule has 0 aromatic heterocycles. The van der Waals surface area contributed by atoms with E-state index in [2.05, 4.69) is 24.1 Å². The van der Waals surface area contributed by atoms with Crippen LogP contribution in [0.25, 0.3) is 0 Å². The lowest BCUT2D eigenvalue weighted by Crippen LogP contribution is -2.37. The van der Waals surface area contributed by atoms with Gasteiger partial charge in [-0.2, -0.15) is 0 Å². The molecular formula is C12H28N2. The van der Waals surface area contributed by atoms with Crippen LogP contribution in [0.5, 0.6) is 0 Å². The van der Waals surface area contributed by atoms with Crippen LogP contribution in [0.4, 0.5) is 0 Å². The van der Waals surface area contributed by atoms with Gasteiger partial charge in [-0.05, 0) is 31.3 Å². The van der Waals surface area contributed by atoms with E-state index in [0.29, 0.717) is 5.41 Å². The van der Waals surface area contributed by atoms with Crippen molar-refractivity contribution in [1.29, 1.82) is 0 Å². The largest absolute Gasteiger partial charge is 0.312 e. The molecule has 0 amide bonds. The van der Waals surface area contributed by atoms with E-state index in [1.165, 1.54) is 32.5 Å². The Morgan fingerprint density at radius 3 is 2.43 bits per heavy atom. The first-order valence-electron chi connectivity index (χ1n) is 6.26. The molecule has 0 aromatic carbocycles. The Morgan fingerprint density at radius 1 is 1.36 bits per heavy atom. The van der Waals surface area contributed by atoms with Crippen LogP contribution in [-0.4, -0.2) is 37.1 Å². The van der Waals surface area contributed by atoms with Crippen molar-refractivity contribution in [3.8, 4) is 0 Å². The molecule has 0 aromatic rings. The SMILES string of the molecule is CC.CCNC1CN(CC)CC12CC2.[HH]. The number of hydrogen-bond donors (Lipinski definition) is 1. The lowest BCUT2D eigenvalue weighted by atomic mass is 10.0. The highest BCUT2D eigenvalue weighted by atomic mass is 15.2. The van der Waals surface area contributed by atoms with E-state index in [9.17, 15) is 0 Å². The maximum Gasteiger partial charge on any atom is 0.0263 e. The second-order valence-corrected chi connectivity index (χ2v) is 4.30. The molecule has 1 aliphatic heterocycles. The molecule has 1 spiro atoms. The molecule has 1 aliphatic carbocycles. The second kappa shape index (κ2) is 5.13. The third-order valence-electron chi connectivity index (χ3n) is 3.51. The zero-order valence-electron chi connectivity index (χ0n) is 10.3. The molecular weight excluding hydrogens is 172 g/mol. The molecule has 14 heavy (non-hydrogen) atoms. The topological polar surface area (TPSA) is 15.3 Å². The minimum atomic E-state index is 0. The van der Waals surface area contributed by atoms with Crippen molar-refractivity contribution in [2.45, 2.75) is 46.6 Å².